The average Bonchev–Trinajstić information content (AvgIpc) is 2.83. The van der Waals surface area contributed by atoms with Crippen LogP contribution >= 0.6 is 22.9 Å². The van der Waals surface area contributed by atoms with E-state index in [1.54, 1.807) is 11.3 Å². The van der Waals surface area contributed by atoms with E-state index < -0.39 is 0 Å². The van der Waals surface area contributed by atoms with E-state index in [-0.39, 0.29) is 0 Å². The van der Waals surface area contributed by atoms with Gasteiger partial charge in [0, 0.05) is 17.8 Å². The Balaban J connectivity index is 1.82. The molecule has 0 aliphatic heterocycles. The van der Waals surface area contributed by atoms with Gasteiger partial charge in [-0.2, -0.15) is 0 Å². The molecule has 1 aromatic heterocycles. The zero-order chi connectivity index (χ0) is 10.7. The lowest BCUT2D eigenvalue weighted by Gasteiger charge is -2.17. The van der Waals surface area contributed by atoms with Crippen LogP contribution in [0.5, 0.6) is 0 Å². The zero-order valence-electron chi connectivity index (χ0n) is 9.00. The number of hydrogen-bond acceptors (Lipinski definition) is 3. The molecule has 84 valence electrons. The Morgan fingerprint density at radius 2 is 2.33 bits per heavy atom. The summed E-state index contributed by atoms with van der Waals surface area (Å²) in [4.78, 5) is 4.40. The zero-order valence-corrected chi connectivity index (χ0v) is 10.6. The molecule has 0 amide bonds. The number of hydrogen-bond donors (Lipinski definition) is 1. The van der Waals surface area contributed by atoms with Crippen LogP contribution in [0.1, 0.15) is 25.0 Å². The molecule has 1 saturated carbocycles. The van der Waals surface area contributed by atoms with Crippen LogP contribution in [0, 0.1) is 18.8 Å². The molecule has 0 saturated heterocycles. The summed E-state index contributed by atoms with van der Waals surface area (Å²) in [6.07, 6.45) is 3.95. The number of thiazole rings is 1. The molecular formula is C11H17ClN2S. The summed E-state index contributed by atoms with van der Waals surface area (Å²) in [6.45, 7) is 3.06. The van der Waals surface area contributed by atoms with Crippen molar-refractivity contribution in [1.82, 2.24) is 4.98 Å². The number of nitrogens with one attached hydrogen (secondary N) is 1. The van der Waals surface area contributed by atoms with Gasteiger partial charge in [0.1, 0.15) is 0 Å². The Bertz CT molecular complexity index is 313. The summed E-state index contributed by atoms with van der Waals surface area (Å²) in [6, 6.07) is 0. The maximum atomic E-state index is 5.95. The van der Waals surface area contributed by atoms with Gasteiger partial charge in [0.25, 0.3) is 0 Å². The number of rotatable bonds is 4. The van der Waals surface area contributed by atoms with Gasteiger partial charge >= 0.3 is 0 Å². The Morgan fingerprint density at radius 1 is 1.53 bits per heavy atom. The van der Waals surface area contributed by atoms with Gasteiger partial charge < -0.3 is 5.32 Å². The van der Waals surface area contributed by atoms with Crippen LogP contribution in [0.25, 0.3) is 0 Å². The number of alkyl halides is 1. The van der Waals surface area contributed by atoms with E-state index in [4.69, 9.17) is 11.6 Å². The lowest BCUT2D eigenvalue weighted by molar-refractivity contribution is 0.444. The maximum Gasteiger partial charge on any atom is 0.182 e. The summed E-state index contributed by atoms with van der Waals surface area (Å²) < 4.78 is 0. The Hall–Kier alpha value is -0.280. The first-order valence-electron chi connectivity index (χ1n) is 5.51. The van der Waals surface area contributed by atoms with Gasteiger partial charge in [0.2, 0.25) is 0 Å². The highest BCUT2D eigenvalue weighted by Crippen LogP contribution is 2.32. The van der Waals surface area contributed by atoms with Crippen molar-refractivity contribution in [1.29, 1.82) is 0 Å². The van der Waals surface area contributed by atoms with Crippen molar-refractivity contribution in [2.45, 2.75) is 26.2 Å². The smallest absolute Gasteiger partial charge is 0.182 e. The number of halogens is 1. The van der Waals surface area contributed by atoms with E-state index in [1.807, 2.05) is 6.92 Å². The fourth-order valence-electron chi connectivity index (χ4n) is 2.24. The maximum absolute atomic E-state index is 5.95. The molecule has 0 radical (unpaired) electrons. The fraction of sp³-hybridized carbons (Fsp3) is 0.727. The van der Waals surface area contributed by atoms with Crippen molar-refractivity contribution >= 4 is 28.1 Å². The van der Waals surface area contributed by atoms with Crippen LogP contribution in [0.3, 0.4) is 0 Å². The van der Waals surface area contributed by atoms with Crippen molar-refractivity contribution in [2.24, 2.45) is 11.8 Å². The highest BCUT2D eigenvalue weighted by molar-refractivity contribution is 7.13. The molecule has 1 fully saturated rings. The normalized spacial score (nSPS) is 25.7. The second-order valence-electron chi connectivity index (χ2n) is 4.28. The first-order chi connectivity index (χ1) is 7.29. The van der Waals surface area contributed by atoms with Crippen LogP contribution in [0.2, 0.25) is 0 Å². The quantitative estimate of drug-likeness (QED) is 0.820. The van der Waals surface area contributed by atoms with Gasteiger partial charge in [0.15, 0.2) is 5.13 Å². The van der Waals surface area contributed by atoms with Crippen LogP contribution in [-0.4, -0.2) is 17.4 Å². The van der Waals surface area contributed by atoms with Gasteiger partial charge in [-0.25, -0.2) is 4.98 Å². The second-order valence-corrected chi connectivity index (χ2v) is 5.45. The van der Waals surface area contributed by atoms with Crippen molar-refractivity contribution < 1.29 is 0 Å². The SMILES string of the molecule is Cc1csc(NCC2CCCC2CCl)n1. The van der Waals surface area contributed by atoms with Gasteiger partial charge in [0.05, 0.1) is 5.69 Å². The van der Waals surface area contributed by atoms with Crippen LogP contribution in [0.15, 0.2) is 5.38 Å². The minimum Gasteiger partial charge on any atom is -0.361 e. The third-order valence-corrected chi connectivity index (χ3v) is 4.46. The molecule has 2 unspecified atom stereocenters. The average molecular weight is 245 g/mol. The highest BCUT2D eigenvalue weighted by Gasteiger charge is 2.26. The minimum atomic E-state index is 0.709. The molecular weight excluding hydrogens is 228 g/mol. The molecule has 2 nitrogen and oxygen atoms in total. The molecule has 1 heterocycles. The molecule has 1 aliphatic rings. The third-order valence-electron chi connectivity index (χ3n) is 3.15. The Kier molecular flexibility index (Phi) is 3.87. The van der Waals surface area contributed by atoms with Crippen LogP contribution in [0.4, 0.5) is 5.13 Å². The van der Waals surface area contributed by atoms with Crippen LogP contribution < -0.4 is 5.32 Å². The predicted octanol–water partition coefficient (Wildman–Crippen LogP) is 3.52. The number of aromatic nitrogens is 1. The Morgan fingerprint density at radius 3 is 3.00 bits per heavy atom. The molecule has 4 heteroatoms. The lowest BCUT2D eigenvalue weighted by atomic mass is 9.98. The van der Waals surface area contributed by atoms with Gasteiger partial charge in [-0.05, 0) is 31.6 Å². The van der Waals surface area contributed by atoms with Crippen molar-refractivity contribution in [3.05, 3.63) is 11.1 Å². The van der Waals surface area contributed by atoms with E-state index in [9.17, 15) is 0 Å². The monoisotopic (exact) mass is 244 g/mol. The van der Waals surface area contributed by atoms with E-state index in [2.05, 4.69) is 15.7 Å². The summed E-state index contributed by atoms with van der Waals surface area (Å²) in [5, 5.41) is 6.55. The first-order valence-corrected chi connectivity index (χ1v) is 6.93. The lowest BCUT2D eigenvalue weighted by Crippen LogP contribution is -2.19. The summed E-state index contributed by atoms with van der Waals surface area (Å²) in [7, 11) is 0. The molecule has 1 aliphatic carbocycles. The van der Waals surface area contributed by atoms with Gasteiger partial charge in [-0.3, -0.25) is 0 Å². The number of nitrogens with zero attached hydrogens (tertiary/aromatic N) is 1. The van der Waals surface area contributed by atoms with E-state index >= 15 is 0 Å². The molecule has 15 heavy (non-hydrogen) atoms. The van der Waals surface area contributed by atoms with Gasteiger partial charge in [-0.15, -0.1) is 22.9 Å². The molecule has 1 N–H and O–H groups in total. The summed E-state index contributed by atoms with van der Waals surface area (Å²) in [5.74, 6) is 2.26. The minimum absolute atomic E-state index is 0.709. The molecule has 0 bridgehead atoms. The molecule has 2 rings (SSSR count). The fourth-order valence-corrected chi connectivity index (χ4v) is 3.34. The molecule has 0 aromatic carbocycles. The number of anilines is 1. The number of aryl methyl sites for hydroxylation is 1. The largest absolute Gasteiger partial charge is 0.361 e. The standard InChI is InChI=1S/C11H17ClN2S/c1-8-7-15-11(14-8)13-6-10-4-2-3-9(10)5-12/h7,9-10H,2-6H2,1H3,(H,13,14). The van der Waals surface area contributed by atoms with E-state index in [1.165, 1.54) is 19.3 Å². The van der Waals surface area contributed by atoms with Crippen molar-refractivity contribution in [3.63, 3.8) is 0 Å². The van der Waals surface area contributed by atoms with E-state index in [0.29, 0.717) is 5.92 Å². The summed E-state index contributed by atoms with van der Waals surface area (Å²) in [5.41, 5.74) is 1.10. The highest BCUT2D eigenvalue weighted by atomic mass is 35.5. The first kappa shape index (κ1) is 11.2. The second kappa shape index (κ2) is 5.17. The predicted molar refractivity (Wildman–Crippen MR) is 66.9 cm³/mol. The van der Waals surface area contributed by atoms with E-state index in [0.717, 1.165) is 29.2 Å². The topological polar surface area (TPSA) is 24.9 Å². The van der Waals surface area contributed by atoms with Gasteiger partial charge in [-0.1, -0.05) is 6.42 Å². The third kappa shape index (κ3) is 2.85. The van der Waals surface area contributed by atoms with Crippen LogP contribution in [-0.2, 0) is 0 Å². The van der Waals surface area contributed by atoms with Crippen molar-refractivity contribution in [2.75, 3.05) is 17.7 Å². The Labute approximate surface area is 100 Å². The summed E-state index contributed by atoms with van der Waals surface area (Å²) >= 11 is 7.63. The van der Waals surface area contributed by atoms with Crippen molar-refractivity contribution in [3.8, 4) is 0 Å². The molecule has 0 spiro atoms. The molecule has 2 atom stereocenters. The molecule has 1 aromatic rings.